The molecule has 0 radical (unpaired) electrons. The summed E-state index contributed by atoms with van der Waals surface area (Å²) < 4.78 is 7.52. The molecule has 124 valence electrons. The molecule has 0 fully saturated rings. The molecule has 1 atom stereocenters. The Balaban J connectivity index is 1.83. The third-order valence-corrected chi connectivity index (χ3v) is 6.06. The Morgan fingerprint density at radius 1 is 1.08 bits per heavy atom. The topological polar surface area (TPSA) is 21.3 Å². The first-order valence-corrected chi connectivity index (χ1v) is 9.55. The van der Waals surface area contributed by atoms with Crippen LogP contribution in [-0.4, -0.2) is 20.2 Å². The number of rotatable bonds is 3. The molecule has 24 heavy (non-hydrogen) atoms. The number of likely N-dealkylation sites (N-methyl/N-ethyl adjacent to an activating group) is 1. The maximum Gasteiger partial charge on any atom is 0.104 e. The van der Waals surface area contributed by atoms with Gasteiger partial charge >= 0.3 is 0 Å². The fourth-order valence-corrected chi connectivity index (χ4v) is 4.82. The largest absolute Gasteiger partial charge is 0.371 e. The van der Waals surface area contributed by atoms with Gasteiger partial charge in [-0.2, -0.15) is 0 Å². The molecule has 1 aromatic heterocycles. The van der Waals surface area contributed by atoms with Crippen molar-refractivity contribution in [2.45, 2.75) is 25.4 Å². The van der Waals surface area contributed by atoms with E-state index in [1.807, 2.05) is 18.4 Å². The zero-order chi connectivity index (χ0) is 16.4. The van der Waals surface area contributed by atoms with Crippen molar-refractivity contribution in [2.24, 2.45) is 0 Å². The van der Waals surface area contributed by atoms with Gasteiger partial charge in [0.25, 0.3) is 0 Å². The van der Waals surface area contributed by atoms with Gasteiger partial charge in [-0.15, -0.1) is 11.3 Å². The molecule has 1 aliphatic heterocycles. The Morgan fingerprint density at radius 2 is 1.96 bits per heavy atom. The minimum absolute atomic E-state index is 0.183. The number of thiophene rings is 1. The second-order valence-electron chi connectivity index (χ2n) is 6.40. The zero-order valence-corrected chi connectivity index (χ0v) is 14.9. The summed E-state index contributed by atoms with van der Waals surface area (Å²) in [6, 6.07) is 17.6. The fraction of sp³-hybridized carbons (Fsp3) is 0.333. The Morgan fingerprint density at radius 3 is 2.79 bits per heavy atom. The molecule has 0 amide bonds. The molecule has 3 heteroatoms. The lowest BCUT2D eigenvalue weighted by atomic mass is 9.98. The highest BCUT2D eigenvalue weighted by Crippen LogP contribution is 2.40. The quantitative estimate of drug-likeness (QED) is 0.711. The number of hydrogen-bond acceptors (Lipinski definition) is 3. The molecule has 0 bridgehead atoms. The van der Waals surface area contributed by atoms with E-state index in [0.29, 0.717) is 0 Å². The summed E-state index contributed by atoms with van der Waals surface area (Å²) in [6.07, 6.45) is 3.70. The lowest BCUT2D eigenvalue weighted by molar-refractivity contribution is 0.0505. The third kappa shape index (κ3) is 3.00. The number of fused-ring (bicyclic) bond motifs is 3. The van der Waals surface area contributed by atoms with Gasteiger partial charge in [-0.05, 0) is 60.5 Å². The van der Waals surface area contributed by atoms with Crippen molar-refractivity contribution in [2.75, 3.05) is 20.2 Å². The van der Waals surface area contributed by atoms with Crippen LogP contribution in [0.3, 0.4) is 0 Å². The molecule has 2 heterocycles. The molecule has 1 aliphatic rings. The standard InChI is InChI=1S/C21H23NOS/c1-22-14-19-21-17(9-5-6-12-23-19)18-13-16(10-11-20(18)24-21)15-7-3-2-4-8-15/h2-4,7-8,10-11,13,19,22H,5-6,9,12,14H2,1H3. The molecule has 1 unspecified atom stereocenters. The van der Waals surface area contributed by atoms with E-state index in [-0.39, 0.29) is 6.10 Å². The summed E-state index contributed by atoms with van der Waals surface area (Å²) in [5.74, 6) is 0. The van der Waals surface area contributed by atoms with E-state index in [2.05, 4.69) is 53.8 Å². The van der Waals surface area contributed by atoms with Crippen LogP contribution in [0.4, 0.5) is 0 Å². The minimum atomic E-state index is 0.183. The molecule has 1 N–H and O–H groups in total. The number of hydrogen-bond donors (Lipinski definition) is 1. The fourth-order valence-electron chi connectivity index (χ4n) is 3.54. The molecule has 2 aromatic carbocycles. The van der Waals surface area contributed by atoms with E-state index in [0.717, 1.165) is 26.0 Å². The Bertz CT molecular complexity index is 824. The predicted molar refractivity (Wildman–Crippen MR) is 103 cm³/mol. The van der Waals surface area contributed by atoms with Gasteiger partial charge in [-0.3, -0.25) is 0 Å². The summed E-state index contributed by atoms with van der Waals surface area (Å²) in [4.78, 5) is 1.42. The highest BCUT2D eigenvalue weighted by atomic mass is 32.1. The van der Waals surface area contributed by atoms with Crippen molar-refractivity contribution >= 4 is 21.4 Å². The first-order chi connectivity index (χ1) is 11.9. The number of benzene rings is 2. The van der Waals surface area contributed by atoms with Gasteiger partial charge < -0.3 is 10.1 Å². The van der Waals surface area contributed by atoms with Gasteiger partial charge in [0.2, 0.25) is 0 Å². The SMILES string of the molecule is CNCC1OCCCCc2c1sc1ccc(-c3ccccc3)cc21. The van der Waals surface area contributed by atoms with Crippen LogP contribution in [0.5, 0.6) is 0 Å². The van der Waals surface area contributed by atoms with Gasteiger partial charge in [0.15, 0.2) is 0 Å². The van der Waals surface area contributed by atoms with E-state index in [9.17, 15) is 0 Å². The second kappa shape index (κ2) is 7.06. The van der Waals surface area contributed by atoms with Crippen molar-refractivity contribution in [1.29, 1.82) is 0 Å². The van der Waals surface area contributed by atoms with Crippen LogP contribution in [0.15, 0.2) is 48.5 Å². The van der Waals surface area contributed by atoms with E-state index in [1.54, 1.807) is 0 Å². The molecule has 4 rings (SSSR count). The Kier molecular flexibility index (Phi) is 4.65. The molecule has 0 aliphatic carbocycles. The zero-order valence-electron chi connectivity index (χ0n) is 14.0. The number of aryl methyl sites for hydroxylation is 1. The predicted octanol–water partition coefficient (Wildman–Crippen LogP) is 5.18. The Labute approximate surface area is 147 Å². The first-order valence-electron chi connectivity index (χ1n) is 8.74. The van der Waals surface area contributed by atoms with Crippen LogP contribution in [0.2, 0.25) is 0 Å². The minimum Gasteiger partial charge on any atom is -0.371 e. The summed E-state index contributed by atoms with van der Waals surface area (Å²) in [5, 5.41) is 4.71. The van der Waals surface area contributed by atoms with Crippen LogP contribution in [0, 0.1) is 0 Å². The third-order valence-electron chi connectivity index (χ3n) is 4.75. The van der Waals surface area contributed by atoms with Crippen LogP contribution in [-0.2, 0) is 11.2 Å². The highest BCUT2D eigenvalue weighted by molar-refractivity contribution is 7.19. The molecular weight excluding hydrogens is 314 g/mol. The Hall–Kier alpha value is -1.68. The number of ether oxygens (including phenoxy) is 1. The van der Waals surface area contributed by atoms with Gasteiger partial charge in [0, 0.05) is 22.7 Å². The lowest BCUT2D eigenvalue weighted by Gasteiger charge is -2.21. The maximum atomic E-state index is 6.14. The van der Waals surface area contributed by atoms with Gasteiger partial charge in [-0.1, -0.05) is 36.4 Å². The summed E-state index contributed by atoms with van der Waals surface area (Å²) in [6.45, 7) is 1.75. The number of nitrogens with one attached hydrogen (secondary N) is 1. The van der Waals surface area contributed by atoms with Crippen LogP contribution < -0.4 is 5.32 Å². The molecule has 3 aromatic rings. The van der Waals surface area contributed by atoms with Crippen molar-refractivity contribution < 1.29 is 4.74 Å². The first kappa shape index (κ1) is 15.8. The maximum absolute atomic E-state index is 6.14. The second-order valence-corrected chi connectivity index (χ2v) is 7.48. The van der Waals surface area contributed by atoms with Crippen LogP contribution >= 0.6 is 11.3 Å². The van der Waals surface area contributed by atoms with E-state index in [4.69, 9.17) is 4.74 Å². The highest BCUT2D eigenvalue weighted by Gasteiger charge is 2.22. The molecule has 0 saturated carbocycles. The summed E-state index contributed by atoms with van der Waals surface area (Å²) in [5.41, 5.74) is 4.10. The van der Waals surface area contributed by atoms with Crippen molar-refractivity contribution in [3.63, 3.8) is 0 Å². The molecule has 0 saturated heterocycles. The van der Waals surface area contributed by atoms with Crippen LogP contribution in [0.1, 0.15) is 29.4 Å². The van der Waals surface area contributed by atoms with Crippen molar-refractivity contribution in [1.82, 2.24) is 5.32 Å². The average Bonchev–Trinajstić information content (AvgIpc) is 2.96. The van der Waals surface area contributed by atoms with Crippen molar-refractivity contribution in [3.8, 4) is 11.1 Å². The van der Waals surface area contributed by atoms with E-state index < -0.39 is 0 Å². The van der Waals surface area contributed by atoms with E-state index in [1.165, 1.54) is 38.1 Å². The monoisotopic (exact) mass is 337 g/mol. The van der Waals surface area contributed by atoms with Gasteiger partial charge in [0.05, 0.1) is 0 Å². The molecular formula is C21H23NOS. The molecule has 2 nitrogen and oxygen atoms in total. The van der Waals surface area contributed by atoms with Gasteiger partial charge in [-0.25, -0.2) is 0 Å². The average molecular weight is 337 g/mol. The van der Waals surface area contributed by atoms with Crippen molar-refractivity contribution in [3.05, 3.63) is 59.0 Å². The smallest absolute Gasteiger partial charge is 0.104 e. The molecule has 0 spiro atoms. The lowest BCUT2D eigenvalue weighted by Crippen LogP contribution is -2.21. The normalized spacial score (nSPS) is 18.1. The van der Waals surface area contributed by atoms with E-state index >= 15 is 0 Å². The van der Waals surface area contributed by atoms with Crippen LogP contribution in [0.25, 0.3) is 21.2 Å². The van der Waals surface area contributed by atoms with Gasteiger partial charge in [0.1, 0.15) is 6.10 Å². The summed E-state index contributed by atoms with van der Waals surface area (Å²) in [7, 11) is 2.00. The summed E-state index contributed by atoms with van der Waals surface area (Å²) >= 11 is 1.91.